The first-order chi connectivity index (χ1) is 9.42. The van der Waals surface area contributed by atoms with Crippen LogP contribution in [0.4, 0.5) is 10.1 Å². The van der Waals surface area contributed by atoms with Crippen LogP contribution in [-0.4, -0.2) is 13.4 Å². The Bertz CT molecular complexity index is 785. The summed E-state index contributed by atoms with van der Waals surface area (Å²) in [5.74, 6) is -0.696. The van der Waals surface area contributed by atoms with Crippen LogP contribution < -0.4 is 4.72 Å². The number of rotatable bonds is 3. The Morgan fingerprint density at radius 2 is 2.05 bits per heavy atom. The molecule has 0 aliphatic rings. The van der Waals surface area contributed by atoms with Gasteiger partial charge in [-0.25, -0.2) is 17.8 Å². The molecule has 8 heteroatoms. The summed E-state index contributed by atoms with van der Waals surface area (Å²) in [6.45, 7) is 0. The van der Waals surface area contributed by atoms with Crippen molar-refractivity contribution in [1.29, 1.82) is 5.26 Å². The van der Waals surface area contributed by atoms with E-state index in [1.54, 1.807) is 6.07 Å². The van der Waals surface area contributed by atoms with Gasteiger partial charge in [-0.2, -0.15) is 5.26 Å². The molecule has 0 spiro atoms. The number of halogens is 2. The predicted molar refractivity (Wildman–Crippen MR) is 73.9 cm³/mol. The number of hydrogen-bond acceptors (Lipinski definition) is 4. The molecular formula is C12H7BrFN3O2S. The van der Waals surface area contributed by atoms with Crippen molar-refractivity contribution in [1.82, 2.24) is 4.98 Å². The largest absolute Gasteiger partial charge is 0.277 e. The number of hydrogen-bond donors (Lipinski definition) is 1. The Morgan fingerprint density at radius 3 is 2.65 bits per heavy atom. The molecule has 0 saturated heterocycles. The molecular weight excluding hydrogens is 349 g/mol. The average molecular weight is 356 g/mol. The SMILES string of the molecule is N#Cc1ccc(S(=O)(=O)Nc2cc(Br)ccc2F)cn1. The van der Waals surface area contributed by atoms with Crippen LogP contribution in [0.1, 0.15) is 5.69 Å². The first kappa shape index (κ1) is 14.4. The number of sulfonamides is 1. The fourth-order valence-electron chi connectivity index (χ4n) is 1.38. The van der Waals surface area contributed by atoms with Crippen molar-refractivity contribution in [3.8, 4) is 6.07 Å². The highest BCUT2D eigenvalue weighted by atomic mass is 79.9. The highest BCUT2D eigenvalue weighted by Gasteiger charge is 2.17. The fourth-order valence-corrected chi connectivity index (χ4v) is 2.75. The zero-order valence-corrected chi connectivity index (χ0v) is 12.2. The van der Waals surface area contributed by atoms with Gasteiger partial charge in [0.1, 0.15) is 22.5 Å². The second kappa shape index (κ2) is 5.56. The normalized spacial score (nSPS) is 10.8. The Labute approximate surface area is 123 Å². The third-order valence-electron chi connectivity index (χ3n) is 2.33. The molecule has 0 atom stereocenters. The van der Waals surface area contributed by atoms with Gasteiger partial charge in [0.25, 0.3) is 10.0 Å². The first-order valence-corrected chi connectivity index (χ1v) is 7.54. The highest BCUT2D eigenvalue weighted by molar-refractivity contribution is 9.10. The molecule has 0 bridgehead atoms. The molecule has 1 N–H and O–H groups in total. The number of pyridine rings is 1. The zero-order valence-electron chi connectivity index (χ0n) is 9.84. The van der Waals surface area contributed by atoms with Gasteiger partial charge in [0, 0.05) is 10.7 Å². The Kier molecular flexibility index (Phi) is 4.01. The van der Waals surface area contributed by atoms with Crippen LogP contribution in [0.5, 0.6) is 0 Å². The summed E-state index contributed by atoms with van der Waals surface area (Å²) in [5.41, 5.74) is -0.0821. The smallest absolute Gasteiger partial charge is 0.263 e. The predicted octanol–water partition coefficient (Wildman–Crippen LogP) is 2.66. The minimum absolute atomic E-state index is 0.0950. The maximum Gasteiger partial charge on any atom is 0.263 e. The first-order valence-electron chi connectivity index (χ1n) is 5.26. The topological polar surface area (TPSA) is 82.8 Å². The average Bonchev–Trinajstić information content (AvgIpc) is 2.43. The lowest BCUT2D eigenvalue weighted by molar-refractivity contribution is 0.598. The molecule has 5 nitrogen and oxygen atoms in total. The van der Waals surface area contributed by atoms with Gasteiger partial charge in [-0.1, -0.05) is 15.9 Å². The Balaban J connectivity index is 2.35. The van der Waals surface area contributed by atoms with Gasteiger partial charge in [0.15, 0.2) is 0 Å². The standard InChI is InChI=1S/C12H7BrFN3O2S/c13-8-1-4-11(14)12(5-8)17-20(18,19)10-3-2-9(6-15)16-7-10/h1-5,7,17H. The van der Waals surface area contributed by atoms with Gasteiger partial charge < -0.3 is 0 Å². The van der Waals surface area contributed by atoms with Gasteiger partial charge in [-0.15, -0.1) is 0 Å². The van der Waals surface area contributed by atoms with E-state index < -0.39 is 15.8 Å². The number of nitrogens with zero attached hydrogens (tertiary/aromatic N) is 2. The number of aromatic nitrogens is 1. The van der Waals surface area contributed by atoms with E-state index in [9.17, 15) is 12.8 Å². The number of nitrogens with one attached hydrogen (secondary N) is 1. The number of nitriles is 1. The second-order valence-electron chi connectivity index (χ2n) is 3.72. The van der Waals surface area contributed by atoms with Crippen molar-refractivity contribution in [2.75, 3.05) is 4.72 Å². The summed E-state index contributed by atoms with van der Waals surface area (Å²) in [5, 5.41) is 8.60. The van der Waals surface area contributed by atoms with Crippen LogP contribution in [0.2, 0.25) is 0 Å². The summed E-state index contributed by atoms with van der Waals surface area (Å²) in [6, 6.07) is 8.18. The summed E-state index contributed by atoms with van der Waals surface area (Å²) in [6.07, 6.45) is 1.04. The van der Waals surface area contributed by atoms with Crippen molar-refractivity contribution in [3.63, 3.8) is 0 Å². The van der Waals surface area contributed by atoms with Crippen molar-refractivity contribution >= 4 is 31.6 Å². The van der Waals surface area contributed by atoms with Crippen LogP contribution in [-0.2, 0) is 10.0 Å². The quantitative estimate of drug-likeness (QED) is 0.917. The van der Waals surface area contributed by atoms with Crippen LogP contribution in [0, 0.1) is 17.1 Å². The third kappa shape index (κ3) is 3.12. The fraction of sp³-hybridized carbons (Fsp3) is 0. The lowest BCUT2D eigenvalue weighted by Gasteiger charge is -2.09. The van der Waals surface area contributed by atoms with Gasteiger partial charge in [-0.05, 0) is 30.3 Å². The monoisotopic (exact) mass is 355 g/mol. The minimum Gasteiger partial charge on any atom is -0.277 e. The van der Waals surface area contributed by atoms with E-state index in [1.807, 2.05) is 0 Å². The lowest BCUT2D eigenvalue weighted by atomic mass is 10.3. The Morgan fingerprint density at radius 1 is 1.30 bits per heavy atom. The molecule has 2 aromatic rings. The molecule has 0 aliphatic heterocycles. The van der Waals surface area contributed by atoms with E-state index in [1.165, 1.54) is 24.3 Å². The van der Waals surface area contributed by atoms with Crippen molar-refractivity contribution in [2.24, 2.45) is 0 Å². The van der Waals surface area contributed by atoms with E-state index in [4.69, 9.17) is 5.26 Å². The van der Waals surface area contributed by atoms with E-state index in [2.05, 4.69) is 25.6 Å². The third-order valence-corrected chi connectivity index (χ3v) is 4.18. The molecule has 0 amide bonds. The van der Waals surface area contributed by atoms with Gasteiger partial charge in [0.2, 0.25) is 0 Å². The van der Waals surface area contributed by atoms with E-state index in [0.717, 1.165) is 12.3 Å². The maximum absolute atomic E-state index is 13.5. The van der Waals surface area contributed by atoms with Crippen LogP contribution in [0.3, 0.4) is 0 Å². The molecule has 20 heavy (non-hydrogen) atoms. The Hall–Kier alpha value is -1.98. The van der Waals surface area contributed by atoms with Crippen LogP contribution >= 0.6 is 15.9 Å². The molecule has 0 saturated carbocycles. The summed E-state index contributed by atoms with van der Waals surface area (Å²) in [7, 11) is -3.96. The highest BCUT2D eigenvalue weighted by Crippen LogP contribution is 2.23. The van der Waals surface area contributed by atoms with Gasteiger partial charge in [-0.3, -0.25) is 4.72 Å². The molecule has 102 valence electrons. The molecule has 0 aliphatic carbocycles. The maximum atomic E-state index is 13.5. The van der Waals surface area contributed by atoms with E-state index in [-0.39, 0.29) is 16.3 Å². The molecule has 0 unspecified atom stereocenters. The molecule has 2 rings (SSSR count). The summed E-state index contributed by atoms with van der Waals surface area (Å²) in [4.78, 5) is 3.51. The molecule has 0 radical (unpaired) electrons. The number of anilines is 1. The van der Waals surface area contributed by atoms with Crippen LogP contribution in [0.25, 0.3) is 0 Å². The zero-order chi connectivity index (χ0) is 14.8. The number of benzene rings is 1. The van der Waals surface area contributed by atoms with E-state index in [0.29, 0.717) is 4.47 Å². The van der Waals surface area contributed by atoms with E-state index >= 15 is 0 Å². The van der Waals surface area contributed by atoms with Crippen molar-refractivity contribution < 1.29 is 12.8 Å². The summed E-state index contributed by atoms with van der Waals surface area (Å²) >= 11 is 3.13. The van der Waals surface area contributed by atoms with Crippen molar-refractivity contribution in [3.05, 3.63) is 52.5 Å². The van der Waals surface area contributed by atoms with Gasteiger partial charge in [0.05, 0.1) is 5.69 Å². The lowest BCUT2D eigenvalue weighted by Crippen LogP contribution is -2.14. The van der Waals surface area contributed by atoms with Crippen LogP contribution in [0.15, 0.2) is 45.9 Å². The summed E-state index contributed by atoms with van der Waals surface area (Å²) < 4.78 is 40.3. The molecule has 1 aromatic carbocycles. The minimum atomic E-state index is -3.96. The molecule has 1 aromatic heterocycles. The van der Waals surface area contributed by atoms with Gasteiger partial charge >= 0.3 is 0 Å². The molecule has 0 fully saturated rings. The second-order valence-corrected chi connectivity index (χ2v) is 6.32. The molecule has 1 heterocycles. The van der Waals surface area contributed by atoms with Crippen molar-refractivity contribution in [2.45, 2.75) is 4.90 Å².